The molecule has 0 radical (unpaired) electrons. The highest BCUT2D eigenvalue weighted by Gasteiger charge is 2.06. The van der Waals surface area contributed by atoms with Gasteiger partial charge in [0.15, 0.2) is 0 Å². The van der Waals surface area contributed by atoms with Gasteiger partial charge in [-0.2, -0.15) is 0 Å². The lowest BCUT2D eigenvalue weighted by Gasteiger charge is -2.13. The number of nitrogen functional groups attached to an aromatic ring is 1. The van der Waals surface area contributed by atoms with Gasteiger partial charge < -0.3 is 11.1 Å². The number of hydrogen-bond acceptors (Lipinski definition) is 3. The third kappa shape index (κ3) is 1.37. The summed E-state index contributed by atoms with van der Waals surface area (Å²) in [5.74, 6) is 0. The second-order valence-electron chi connectivity index (χ2n) is 2.88. The molecule has 0 amide bonds. The van der Waals surface area contributed by atoms with E-state index in [9.17, 15) is 0 Å². The maximum Gasteiger partial charge on any atom is 0.0604 e. The number of aryl methyl sites for hydroxylation is 1. The van der Waals surface area contributed by atoms with E-state index in [-0.39, 0.29) is 0 Å². The molecule has 3 heteroatoms. The molecule has 0 fully saturated rings. The maximum absolute atomic E-state index is 5.88. The summed E-state index contributed by atoms with van der Waals surface area (Å²) in [6, 6.07) is 2.01. The highest BCUT2D eigenvalue weighted by molar-refractivity contribution is 7.80. The molecule has 0 unspecified atom stereocenters. The van der Waals surface area contributed by atoms with Crippen LogP contribution in [0.3, 0.4) is 0 Å². The molecule has 1 aromatic rings. The quantitative estimate of drug-likeness (QED) is 0.460. The number of hydrogen-bond donors (Lipinski definition) is 3. The Balaban J connectivity index is 3.40. The molecule has 1 rings (SSSR count). The first-order valence-corrected chi connectivity index (χ1v) is 4.29. The van der Waals surface area contributed by atoms with E-state index in [4.69, 9.17) is 5.73 Å². The summed E-state index contributed by atoms with van der Waals surface area (Å²) in [4.78, 5) is 0.948. The van der Waals surface area contributed by atoms with Crippen molar-refractivity contribution in [1.29, 1.82) is 0 Å². The molecule has 0 aliphatic heterocycles. The van der Waals surface area contributed by atoms with E-state index in [0.717, 1.165) is 27.4 Å². The van der Waals surface area contributed by atoms with Crippen LogP contribution in [0.1, 0.15) is 11.1 Å². The lowest BCUT2D eigenvalue weighted by atomic mass is 10.1. The van der Waals surface area contributed by atoms with Crippen LogP contribution in [0.15, 0.2) is 11.0 Å². The summed E-state index contributed by atoms with van der Waals surface area (Å²) in [7, 11) is 1.87. The largest absolute Gasteiger partial charge is 0.397 e. The fourth-order valence-corrected chi connectivity index (χ4v) is 1.57. The van der Waals surface area contributed by atoms with Gasteiger partial charge in [0.05, 0.1) is 11.4 Å². The number of benzene rings is 1. The molecule has 66 valence electrons. The van der Waals surface area contributed by atoms with Crippen LogP contribution >= 0.6 is 12.6 Å². The van der Waals surface area contributed by atoms with E-state index in [0.29, 0.717) is 0 Å². The fraction of sp³-hybridized carbons (Fsp3) is 0.333. The average molecular weight is 182 g/mol. The van der Waals surface area contributed by atoms with Crippen molar-refractivity contribution < 1.29 is 0 Å². The lowest BCUT2D eigenvalue weighted by Crippen LogP contribution is -2.01. The van der Waals surface area contributed by atoms with Gasteiger partial charge in [-0.15, -0.1) is 12.6 Å². The second kappa shape index (κ2) is 3.27. The maximum atomic E-state index is 5.88. The van der Waals surface area contributed by atoms with Crippen molar-refractivity contribution in [3.05, 3.63) is 17.2 Å². The Hall–Kier alpha value is -0.830. The molecule has 0 aliphatic carbocycles. The van der Waals surface area contributed by atoms with Gasteiger partial charge in [-0.05, 0) is 31.0 Å². The fourth-order valence-electron chi connectivity index (χ4n) is 1.26. The lowest BCUT2D eigenvalue weighted by molar-refractivity contribution is 1.26. The number of nitrogens with two attached hydrogens (primary N) is 1. The minimum atomic E-state index is 0.794. The zero-order valence-electron chi connectivity index (χ0n) is 7.60. The number of thiol groups is 1. The SMILES string of the molecule is CNc1c(C)cc(S)c(C)c1N. The topological polar surface area (TPSA) is 38.0 Å². The van der Waals surface area contributed by atoms with E-state index in [1.165, 1.54) is 0 Å². The van der Waals surface area contributed by atoms with E-state index in [1.54, 1.807) is 0 Å². The molecule has 0 atom stereocenters. The van der Waals surface area contributed by atoms with Gasteiger partial charge in [0.1, 0.15) is 0 Å². The number of nitrogens with one attached hydrogen (secondary N) is 1. The molecule has 0 spiro atoms. The van der Waals surface area contributed by atoms with Crippen LogP contribution in [0.5, 0.6) is 0 Å². The molecule has 0 saturated heterocycles. The van der Waals surface area contributed by atoms with E-state index >= 15 is 0 Å². The molecule has 0 saturated carbocycles. The predicted molar refractivity (Wildman–Crippen MR) is 57.1 cm³/mol. The van der Waals surface area contributed by atoms with Crippen LogP contribution in [0, 0.1) is 13.8 Å². The molecule has 12 heavy (non-hydrogen) atoms. The Morgan fingerprint density at radius 1 is 1.42 bits per heavy atom. The third-order valence-corrected chi connectivity index (χ3v) is 2.52. The average Bonchev–Trinajstić information content (AvgIpc) is 2.01. The molecule has 2 nitrogen and oxygen atoms in total. The van der Waals surface area contributed by atoms with E-state index in [2.05, 4.69) is 17.9 Å². The Morgan fingerprint density at radius 3 is 2.50 bits per heavy atom. The van der Waals surface area contributed by atoms with Crippen LogP contribution in [0.25, 0.3) is 0 Å². The molecule has 0 aromatic heterocycles. The summed E-state index contributed by atoms with van der Waals surface area (Å²) in [5, 5.41) is 3.07. The summed E-state index contributed by atoms with van der Waals surface area (Å²) in [6.45, 7) is 3.99. The molecule has 1 aromatic carbocycles. The Morgan fingerprint density at radius 2 is 2.00 bits per heavy atom. The standard InChI is InChI=1S/C9H14N2S/c1-5-4-7(12)6(2)8(10)9(5)11-3/h4,11-12H,10H2,1-3H3. The van der Waals surface area contributed by atoms with Crippen molar-refractivity contribution in [2.24, 2.45) is 0 Å². The zero-order chi connectivity index (χ0) is 9.30. The van der Waals surface area contributed by atoms with Crippen molar-refractivity contribution in [2.45, 2.75) is 18.7 Å². The third-order valence-electron chi connectivity index (χ3n) is 2.06. The van der Waals surface area contributed by atoms with Crippen molar-refractivity contribution in [2.75, 3.05) is 18.1 Å². The van der Waals surface area contributed by atoms with Gasteiger partial charge in [-0.25, -0.2) is 0 Å². The van der Waals surface area contributed by atoms with E-state index < -0.39 is 0 Å². The van der Waals surface area contributed by atoms with Crippen LogP contribution in [-0.4, -0.2) is 7.05 Å². The van der Waals surface area contributed by atoms with E-state index in [1.807, 2.05) is 27.0 Å². The minimum Gasteiger partial charge on any atom is -0.397 e. The summed E-state index contributed by atoms with van der Waals surface area (Å²) in [6.07, 6.45) is 0. The molecular weight excluding hydrogens is 168 g/mol. The van der Waals surface area contributed by atoms with Crippen molar-refractivity contribution in [3.8, 4) is 0 Å². The van der Waals surface area contributed by atoms with Gasteiger partial charge in [-0.3, -0.25) is 0 Å². The van der Waals surface area contributed by atoms with Gasteiger partial charge >= 0.3 is 0 Å². The first-order valence-electron chi connectivity index (χ1n) is 3.84. The van der Waals surface area contributed by atoms with Gasteiger partial charge in [-0.1, -0.05) is 0 Å². The number of anilines is 2. The first-order chi connectivity index (χ1) is 5.57. The minimum absolute atomic E-state index is 0.794. The summed E-state index contributed by atoms with van der Waals surface area (Å²) < 4.78 is 0. The predicted octanol–water partition coefficient (Wildman–Crippen LogP) is 2.22. The molecule has 0 aliphatic rings. The molecule has 0 heterocycles. The highest BCUT2D eigenvalue weighted by atomic mass is 32.1. The summed E-state index contributed by atoms with van der Waals surface area (Å²) >= 11 is 4.32. The van der Waals surface area contributed by atoms with Crippen LogP contribution in [-0.2, 0) is 0 Å². The Labute approximate surface area is 78.6 Å². The number of rotatable bonds is 1. The normalized spacial score (nSPS) is 10.0. The molecular formula is C9H14N2S. The summed E-state index contributed by atoms with van der Waals surface area (Å²) in [5.41, 5.74) is 9.85. The Bertz CT molecular complexity index is 308. The second-order valence-corrected chi connectivity index (χ2v) is 3.36. The zero-order valence-corrected chi connectivity index (χ0v) is 8.50. The first kappa shape index (κ1) is 9.26. The van der Waals surface area contributed by atoms with Gasteiger partial charge in [0, 0.05) is 11.9 Å². The van der Waals surface area contributed by atoms with Crippen LogP contribution in [0.2, 0.25) is 0 Å². The van der Waals surface area contributed by atoms with Crippen molar-refractivity contribution in [1.82, 2.24) is 0 Å². The van der Waals surface area contributed by atoms with Crippen LogP contribution < -0.4 is 11.1 Å². The van der Waals surface area contributed by atoms with Gasteiger partial charge in [0.2, 0.25) is 0 Å². The van der Waals surface area contributed by atoms with Crippen molar-refractivity contribution in [3.63, 3.8) is 0 Å². The molecule has 0 bridgehead atoms. The van der Waals surface area contributed by atoms with Crippen LogP contribution in [0.4, 0.5) is 11.4 Å². The Kier molecular flexibility index (Phi) is 2.52. The highest BCUT2D eigenvalue weighted by Crippen LogP contribution is 2.30. The smallest absolute Gasteiger partial charge is 0.0604 e. The molecule has 3 N–H and O–H groups in total. The monoisotopic (exact) mass is 182 g/mol. The van der Waals surface area contributed by atoms with Crippen molar-refractivity contribution >= 4 is 24.0 Å². The van der Waals surface area contributed by atoms with Gasteiger partial charge in [0.25, 0.3) is 0 Å².